The molecule has 0 aliphatic heterocycles. The Hall–Kier alpha value is -0.710. The monoisotopic (exact) mass is 267 g/mol. The first kappa shape index (κ1) is 13.4. The molecule has 0 spiro atoms. The Morgan fingerprint density at radius 3 is 2.44 bits per heavy atom. The molecule has 0 aromatic carbocycles. The molecule has 1 rings (SSSR count). The lowest BCUT2D eigenvalue weighted by Crippen LogP contribution is -2.08. The Labute approximate surface area is 91.8 Å². The normalized spacial score (nSPS) is 17.5. The zero-order chi connectivity index (χ0) is 12.4. The molecule has 7 nitrogen and oxygen atoms in total. The molecule has 0 radical (unpaired) electrons. The Kier molecular flexibility index (Phi) is 3.88. The number of aromatic nitrogens is 1. The summed E-state index contributed by atoms with van der Waals surface area (Å²) in [6, 6.07) is 2.83. The third-order valence-electron chi connectivity index (χ3n) is 1.83. The van der Waals surface area contributed by atoms with E-state index in [4.69, 9.17) is 9.79 Å². The zero-order valence-electron chi connectivity index (χ0n) is 8.29. The van der Waals surface area contributed by atoms with Gasteiger partial charge in [-0.05, 0) is 19.1 Å². The van der Waals surface area contributed by atoms with E-state index in [9.17, 15) is 14.0 Å². The van der Waals surface area contributed by atoms with Gasteiger partial charge >= 0.3 is 15.2 Å². The molecule has 0 aliphatic rings. The number of hydrogen-bond donors (Lipinski definition) is 3. The minimum absolute atomic E-state index is 0.0198. The number of hydrogen-bond acceptors (Lipinski definition) is 4. The average Bonchev–Trinajstić information content (AvgIpc) is 2.16. The van der Waals surface area contributed by atoms with E-state index in [-0.39, 0.29) is 5.75 Å². The van der Waals surface area contributed by atoms with Gasteiger partial charge in [-0.3, -0.25) is 9.55 Å². The van der Waals surface area contributed by atoms with Gasteiger partial charge in [0.05, 0.1) is 6.20 Å². The van der Waals surface area contributed by atoms with E-state index in [1.807, 2.05) is 0 Å². The second-order valence-electron chi connectivity index (χ2n) is 3.07. The predicted molar refractivity (Wildman–Crippen MR) is 56.2 cm³/mol. The summed E-state index contributed by atoms with van der Waals surface area (Å²) >= 11 is 0. The lowest BCUT2D eigenvalue weighted by Gasteiger charge is -2.20. The fraction of sp³-hybridized carbons (Fsp3) is 0.286. The van der Waals surface area contributed by atoms with Crippen molar-refractivity contribution in [3.05, 3.63) is 24.5 Å². The third kappa shape index (κ3) is 3.40. The molecule has 16 heavy (non-hydrogen) atoms. The molecule has 2 atom stereocenters. The average molecular weight is 267 g/mol. The summed E-state index contributed by atoms with van der Waals surface area (Å²) in [6.45, 7) is 0.956. The molecule has 0 amide bonds. The molecule has 0 bridgehead atoms. The summed E-state index contributed by atoms with van der Waals surface area (Å²) in [5.74, 6) is -0.0198. The van der Waals surface area contributed by atoms with Crippen LogP contribution < -0.4 is 4.52 Å². The van der Waals surface area contributed by atoms with Crippen molar-refractivity contribution in [3.63, 3.8) is 0 Å². The molecule has 0 aliphatic carbocycles. The van der Waals surface area contributed by atoms with Gasteiger partial charge in [-0.1, -0.05) is 0 Å². The first-order valence-corrected chi connectivity index (χ1v) is 7.53. The van der Waals surface area contributed by atoms with Crippen LogP contribution in [0.4, 0.5) is 0 Å². The first-order chi connectivity index (χ1) is 7.23. The van der Waals surface area contributed by atoms with Gasteiger partial charge in [0.2, 0.25) is 0 Å². The molecule has 2 unspecified atom stereocenters. The standard InChI is InChI=1S/C7H11NO6P2/c1-6(15(9,10)11)16(12,13)14-7-3-2-4-8-5-7/h2-6H,1H3,(H,12,13)(H2,9,10,11). The Balaban J connectivity index is 2.89. The molecule has 0 fully saturated rings. The minimum Gasteiger partial charge on any atom is -0.422 e. The third-order valence-corrected chi connectivity index (χ3v) is 6.00. The lowest BCUT2D eigenvalue weighted by molar-refractivity contribution is 0.345. The van der Waals surface area contributed by atoms with Crippen LogP contribution in [-0.2, 0) is 9.13 Å². The quantitative estimate of drug-likeness (QED) is 0.701. The summed E-state index contributed by atoms with van der Waals surface area (Å²) in [7, 11) is -9.10. The van der Waals surface area contributed by atoms with Crippen LogP contribution in [0.1, 0.15) is 6.92 Å². The summed E-state index contributed by atoms with van der Waals surface area (Å²) in [4.78, 5) is 30.6. The summed E-state index contributed by atoms with van der Waals surface area (Å²) < 4.78 is 27.0. The van der Waals surface area contributed by atoms with Crippen molar-refractivity contribution in [1.82, 2.24) is 4.98 Å². The molecule has 90 valence electrons. The molecule has 1 aromatic heterocycles. The largest absolute Gasteiger partial charge is 0.422 e. The van der Waals surface area contributed by atoms with Crippen LogP contribution in [0, 0.1) is 0 Å². The topological polar surface area (TPSA) is 117 Å². The van der Waals surface area contributed by atoms with Gasteiger partial charge in [-0.2, -0.15) is 0 Å². The van der Waals surface area contributed by atoms with Crippen molar-refractivity contribution < 1.29 is 28.3 Å². The highest BCUT2D eigenvalue weighted by molar-refractivity contribution is 7.71. The Bertz CT molecular complexity index is 443. The predicted octanol–water partition coefficient (Wildman–Crippen LogP) is 1.17. The van der Waals surface area contributed by atoms with Crippen LogP contribution in [0.15, 0.2) is 24.5 Å². The van der Waals surface area contributed by atoms with Crippen LogP contribution in [0.5, 0.6) is 5.75 Å². The van der Waals surface area contributed by atoms with Crippen LogP contribution in [0.3, 0.4) is 0 Å². The van der Waals surface area contributed by atoms with E-state index < -0.39 is 20.6 Å². The molecule has 1 heterocycles. The number of nitrogens with zero attached hydrogens (tertiary/aromatic N) is 1. The fourth-order valence-electron chi connectivity index (χ4n) is 0.818. The molecule has 0 saturated heterocycles. The summed E-state index contributed by atoms with van der Waals surface area (Å²) in [5, 5.41) is -1.78. The van der Waals surface area contributed by atoms with Crippen molar-refractivity contribution >= 4 is 15.2 Å². The van der Waals surface area contributed by atoms with Crippen molar-refractivity contribution in [2.24, 2.45) is 0 Å². The van der Waals surface area contributed by atoms with Gasteiger partial charge < -0.3 is 19.2 Å². The molecule has 9 heteroatoms. The second-order valence-corrected chi connectivity index (χ2v) is 7.51. The van der Waals surface area contributed by atoms with Gasteiger partial charge in [0, 0.05) is 6.20 Å². The minimum atomic E-state index is -4.67. The van der Waals surface area contributed by atoms with Gasteiger partial charge in [0.15, 0.2) is 5.40 Å². The highest BCUT2D eigenvalue weighted by atomic mass is 31.2. The van der Waals surface area contributed by atoms with Crippen molar-refractivity contribution in [1.29, 1.82) is 0 Å². The van der Waals surface area contributed by atoms with Crippen molar-refractivity contribution in [2.75, 3.05) is 0 Å². The van der Waals surface area contributed by atoms with Crippen LogP contribution >= 0.6 is 15.2 Å². The van der Waals surface area contributed by atoms with E-state index in [1.165, 1.54) is 24.5 Å². The summed E-state index contributed by atoms with van der Waals surface area (Å²) in [5.41, 5.74) is 0. The maximum atomic E-state index is 11.5. The van der Waals surface area contributed by atoms with E-state index in [0.29, 0.717) is 0 Å². The summed E-state index contributed by atoms with van der Waals surface area (Å²) in [6.07, 6.45) is 2.61. The molecular weight excluding hydrogens is 256 g/mol. The highest BCUT2D eigenvalue weighted by Gasteiger charge is 2.42. The van der Waals surface area contributed by atoms with Crippen LogP contribution in [0.25, 0.3) is 0 Å². The van der Waals surface area contributed by atoms with E-state index in [1.54, 1.807) is 0 Å². The van der Waals surface area contributed by atoms with Crippen LogP contribution in [-0.4, -0.2) is 25.1 Å². The first-order valence-electron chi connectivity index (χ1n) is 4.21. The molecule has 0 saturated carbocycles. The second kappa shape index (κ2) is 4.65. The van der Waals surface area contributed by atoms with Gasteiger partial charge in [-0.15, -0.1) is 0 Å². The SMILES string of the molecule is CC(P(=O)(O)O)P(=O)(O)Oc1cccnc1. The molecule has 3 N–H and O–H groups in total. The van der Waals surface area contributed by atoms with Crippen molar-refractivity contribution in [2.45, 2.75) is 12.3 Å². The smallest absolute Gasteiger partial charge is 0.391 e. The Morgan fingerprint density at radius 1 is 1.38 bits per heavy atom. The highest BCUT2D eigenvalue weighted by Crippen LogP contribution is 2.61. The zero-order valence-corrected chi connectivity index (χ0v) is 10.1. The van der Waals surface area contributed by atoms with Crippen molar-refractivity contribution in [3.8, 4) is 5.75 Å². The fourth-order valence-corrected chi connectivity index (χ4v) is 3.04. The van der Waals surface area contributed by atoms with E-state index >= 15 is 0 Å². The Morgan fingerprint density at radius 2 is 2.00 bits per heavy atom. The van der Waals surface area contributed by atoms with Gasteiger partial charge in [0.25, 0.3) is 0 Å². The number of rotatable bonds is 4. The van der Waals surface area contributed by atoms with E-state index in [0.717, 1.165) is 6.92 Å². The van der Waals surface area contributed by atoms with Gasteiger partial charge in [0.1, 0.15) is 5.75 Å². The van der Waals surface area contributed by atoms with E-state index in [2.05, 4.69) is 9.51 Å². The van der Waals surface area contributed by atoms with Crippen LogP contribution in [0.2, 0.25) is 0 Å². The molecular formula is C7H11NO6P2. The maximum absolute atomic E-state index is 11.5. The number of pyridine rings is 1. The lowest BCUT2D eigenvalue weighted by atomic mass is 10.5. The maximum Gasteiger partial charge on any atom is 0.391 e. The molecule has 1 aromatic rings. The van der Waals surface area contributed by atoms with Gasteiger partial charge in [-0.25, -0.2) is 4.57 Å².